The standard InChI is InChI=1S/C23H20F2N4O4/c24-13-1-3-14(4-2-13)27-7-9-28(10-8-27)19-12-16-15(11-17(19)25)22(32)29(23(16)33)18-5-6-20(30)26-21(18)31/h1-4,11-12,18H,5-10H2,(H,26,30,31). The Bertz CT molecular complexity index is 1180. The lowest BCUT2D eigenvalue weighted by molar-refractivity contribution is -0.136. The van der Waals surface area contributed by atoms with Gasteiger partial charge in [0.15, 0.2) is 0 Å². The minimum absolute atomic E-state index is 0.0156. The number of benzene rings is 2. The zero-order valence-corrected chi connectivity index (χ0v) is 17.5. The Morgan fingerprint density at radius 2 is 1.42 bits per heavy atom. The molecule has 0 bridgehead atoms. The Labute approximate surface area is 187 Å². The van der Waals surface area contributed by atoms with Gasteiger partial charge in [-0.1, -0.05) is 0 Å². The number of hydrogen-bond donors (Lipinski definition) is 1. The predicted molar refractivity (Wildman–Crippen MR) is 114 cm³/mol. The van der Waals surface area contributed by atoms with Crippen molar-refractivity contribution in [1.82, 2.24) is 10.2 Å². The van der Waals surface area contributed by atoms with Gasteiger partial charge in [0.1, 0.15) is 17.7 Å². The number of piperidine rings is 1. The number of hydrogen-bond acceptors (Lipinski definition) is 6. The summed E-state index contributed by atoms with van der Waals surface area (Å²) in [5, 5.41) is 2.14. The average molecular weight is 454 g/mol. The van der Waals surface area contributed by atoms with Crippen molar-refractivity contribution in [3.05, 3.63) is 59.2 Å². The number of nitrogens with one attached hydrogen (secondary N) is 1. The maximum atomic E-state index is 15.0. The molecule has 4 amide bonds. The first kappa shape index (κ1) is 21.0. The highest BCUT2D eigenvalue weighted by Gasteiger charge is 2.45. The van der Waals surface area contributed by atoms with Crippen LogP contribution in [0.3, 0.4) is 0 Å². The molecule has 8 nitrogen and oxygen atoms in total. The number of carbonyl (C=O) groups excluding carboxylic acids is 4. The minimum Gasteiger partial charge on any atom is -0.368 e. The summed E-state index contributed by atoms with van der Waals surface area (Å²) in [5.41, 5.74) is 1.03. The van der Waals surface area contributed by atoms with Crippen LogP contribution in [0.15, 0.2) is 36.4 Å². The third-order valence-corrected chi connectivity index (χ3v) is 6.32. The van der Waals surface area contributed by atoms with Crippen molar-refractivity contribution < 1.29 is 28.0 Å². The molecule has 1 unspecified atom stereocenters. The minimum atomic E-state index is -1.10. The molecule has 1 atom stereocenters. The van der Waals surface area contributed by atoms with Gasteiger partial charge in [0.05, 0.1) is 16.8 Å². The summed E-state index contributed by atoms with van der Waals surface area (Å²) in [4.78, 5) is 54.1. The molecule has 0 aromatic heterocycles. The van der Waals surface area contributed by atoms with E-state index in [1.165, 1.54) is 18.2 Å². The molecule has 2 saturated heterocycles. The Morgan fingerprint density at radius 1 is 0.818 bits per heavy atom. The molecule has 5 rings (SSSR count). The van der Waals surface area contributed by atoms with E-state index in [2.05, 4.69) is 10.2 Å². The van der Waals surface area contributed by atoms with Crippen molar-refractivity contribution in [3.63, 3.8) is 0 Å². The number of rotatable bonds is 3. The second kappa shape index (κ2) is 7.95. The maximum absolute atomic E-state index is 15.0. The van der Waals surface area contributed by atoms with Crippen molar-refractivity contribution in [3.8, 4) is 0 Å². The molecule has 10 heteroatoms. The molecule has 0 aliphatic carbocycles. The van der Waals surface area contributed by atoms with Gasteiger partial charge in [0.2, 0.25) is 11.8 Å². The van der Waals surface area contributed by atoms with Gasteiger partial charge in [-0.05, 0) is 42.8 Å². The fourth-order valence-corrected chi connectivity index (χ4v) is 4.58. The summed E-state index contributed by atoms with van der Waals surface area (Å²) in [6, 6.07) is 7.47. The van der Waals surface area contributed by atoms with E-state index in [-0.39, 0.29) is 35.5 Å². The topological polar surface area (TPSA) is 90.0 Å². The van der Waals surface area contributed by atoms with Crippen molar-refractivity contribution in [2.24, 2.45) is 0 Å². The molecule has 0 spiro atoms. The maximum Gasteiger partial charge on any atom is 0.262 e. The number of anilines is 2. The molecule has 3 heterocycles. The average Bonchev–Trinajstić information content (AvgIpc) is 3.03. The van der Waals surface area contributed by atoms with E-state index in [4.69, 9.17) is 0 Å². The monoisotopic (exact) mass is 454 g/mol. The van der Waals surface area contributed by atoms with Crippen LogP contribution in [0.2, 0.25) is 0 Å². The predicted octanol–water partition coefficient (Wildman–Crippen LogP) is 1.69. The zero-order valence-electron chi connectivity index (χ0n) is 17.5. The largest absolute Gasteiger partial charge is 0.368 e. The third kappa shape index (κ3) is 3.61. The van der Waals surface area contributed by atoms with E-state index in [0.717, 1.165) is 16.7 Å². The van der Waals surface area contributed by atoms with Gasteiger partial charge in [0.25, 0.3) is 11.8 Å². The van der Waals surface area contributed by atoms with Crippen LogP contribution in [0.25, 0.3) is 0 Å². The second-order valence-electron chi connectivity index (χ2n) is 8.25. The lowest BCUT2D eigenvalue weighted by Crippen LogP contribution is -2.54. The van der Waals surface area contributed by atoms with E-state index in [1.54, 1.807) is 17.0 Å². The summed E-state index contributed by atoms with van der Waals surface area (Å²) in [7, 11) is 0. The van der Waals surface area contributed by atoms with Gasteiger partial charge in [0, 0.05) is 38.3 Å². The van der Waals surface area contributed by atoms with Crippen molar-refractivity contribution in [2.45, 2.75) is 18.9 Å². The van der Waals surface area contributed by atoms with E-state index in [0.29, 0.717) is 26.2 Å². The van der Waals surface area contributed by atoms with Crippen LogP contribution in [0.5, 0.6) is 0 Å². The highest BCUT2D eigenvalue weighted by atomic mass is 19.1. The molecule has 170 valence electrons. The Hall–Kier alpha value is -3.82. The SMILES string of the molecule is O=C1CCC(N2C(=O)c3cc(F)c(N4CCN(c5ccc(F)cc5)CC4)cc3C2=O)C(=O)N1. The number of piperazine rings is 1. The van der Waals surface area contributed by atoms with Crippen LogP contribution in [0, 0.1) is 11.6 Å². The molecule has 3 aliphatic rings. The number of carbonyl (C=O) groups is 4. The summed E-state index contributed by atoms with van der Waals surface area (Å²) in [5.74, 6) is -3.52. The first-order valence-corrected chi connectivity index (χ1v) is 10.6. The van der Waals surface area contributed by atoms with Gasteiger partial charge in [-0.2, -0.15) is 0 Å². The molecule has 2 aromatic rings. The lowest BCUT2D eigenvalue weighted by Gasteiger charge is -2.37. The molecule has 3 aliphatic heterocycles. The molecule has 1 N–H and O–H groups in total. The lowest BCUT2D eigenvalue weighted by atomic mass is 10.0. The fraction of sp³-hybridized carbons (Fsp3) is 0.304. The van der Waals surface area contributed by atoms with E-state index >= 15 is 0 Å². The number of amides is 4. The highest BCUT2D eigenvalue weighted by Crippen LogP contribution is 2.33. The quantitative estimate of drug-likeness (QED) is 0.710. The summed E-state index contributed by atoms with van der Waals surface area (Å²) < 4.78 is 28.2. The summed E-state index contributed by atoms with van der Waals surface area (Å²) in [6.45, 7) is 2.06. The Kier molecular flexibility index (Phi) is 5.07. The first-order valence-electron chi connectivity index (χ1n) is 10.6. The number of halogens is 2. The Morgan fingerprint density at radius 3 is 2.06 bits per heavy atom. The molecule has 2 fully saturated rings. The number of imide groups is 2. The molecular formula is C23H20F2N4O4. The van der Waals surface area contributed by atoms with E-state index < -0.39 is 35.5 Å². The van der Waals surface area contributed by atoms with E-state index in [9.17, 15) is 28.0 Å². The summed E-state index contributed by atoms with van der Waals surface area (Å²) in [6.07, 6.45) is 0.0541. The zero-order chi connectivity index (χ0) is 23.3. The van der Waals surface area contributed by atoms with Gasteiger partial charge in [-0.3, -0.25) is 29.4 Å². The second-order valence-corrected chi connectivity index (χ2v) is 8.25. The normalized spacial score (nSPS) is 20.9. The van der Waals surface area contributed by atoms with Crippen LogP contribution in [-0.2, 0) is 9.59 Å². The molecule has 0 radical (unpaired) electrons. The molecule has 2 aromatic carbocycles. The van der Waals surface area contributed by atoms with Gasteiger partial charge in [-0.25, -0.2) is 8.78 Å². The van der Waals surface area contributed by atoms with Gasteiger partial charge in [-0.15, -0.1) is 0 Å². The van der Waals surface area contributed by atoms with Crippen molar-refractivity contribution in [1.29, 1.82) is 0 Å². The number of nitrogens with zero attached hydrogens (tertiary/aromatic N) is 3. The summed E-state index contributed by atoms with van der Waals surface area (Å²) >= 11 is 0. The van der Waals surface area contributed by atoms with Crippen LogP contribution >= 0.6 is 0 Å². The van der Waals surface area contributed by atoms with Crippen molar-refractivity contribution in [2.75, 3.05) is 36.0 Å². The third-order valence-electron chi connectivity index (χ3n) is 6.32. The number of fused-ring (bicyclic) bond motifs is 1. The molecule has 0 saturated carbocycles. The van der Waals surface area contributed by atoms with Crippen LogP contribution in [0.1, 0.15) is 33.6 Å². The molecule has 33 heavy (non-hydrogen) atoms. The first-order chi connectivity index (χ1) is 15.8. The van der Waals surface area contributed by atoms with Crippen molar-refractivity contribution >= 4 is 35.0 Å². The van der Waals surface area contributed by atoms with E-state index in [1.807, 2.05) is 0 Å². The Balaban J connectivity index is 1.36. The highest BCUT2D eigenvalue weighted by molar-refractivity contribution is 6.23. The van der Waals surface area contributed by atoms with Crippen LogP contribution in [-0.4, -0.2) is 60.7 Å². The molecular weight excluding hydrogens is 434 g/mol. The van der Waals surface area contributed by atoms with Gasteiger partial charge < -0.3 is 9.80 Å². The van der Waals surface area contributed by atoms with Crippen LogP contribution in [0.4, 0.5) is 20.2 Å². The van der Waals surface area contributed by atoms with Crippen LogP contribution < -0.4 is 15.1 Å². The van der Waals surface area contributed by atoms with Gasteiger partial charge >= 0.3 is 0 Å². The smallest absolute Gasteiger partial charge is 0.262 e. The fourth-order valence-electron chi connectivity index (χ4n) is 4.58.